The number of rotatable bonds is 1. The van der Waals surface area contributed by atoms with Crippen LogP contribution in [0.25, 0.3) is 0 Å². The van der Waals surface area contributed by atoms with Crippen LogP contribution in [0.2, 0.25) is 5.02 Å². The predicted octanol–water partition coefficient (Wildman–Crippen LogP) is 2.19. The van der Waals surface area contributed by atoms with Crippen molar-refractivity contribution in [1.82, 2.24) is 0 Å². The minimum Gasteiger partial charge on any atom is -0.393 e. The molecule has 0 unspecified atom stereocenters. The summed E-state index contributed by atoms with van der Waals surface area (Å²) in [5.41, 5.74) is 3.00. The van der Waals surface area contributed by atoms with Crippen LogP contribution < -0.4 is 10.2 Å². The fraction of sp³-hybridized carbons (Fsp3) is 0.500. The van der Waals surface area contributed by atoms with Gasteiger partial charge in [0.15, 0.2) is 0 Å². The Bertz CT molecular complexity index is 510. The Labute approximate surface area is 117 Å². The van der Waals surface area contributed by atoms with Gasteiger partial charge in [0.2, 0.25) is 5.91 Å². The van der Waals surface area contributed by atoms with E-state index in [0.29, 0.717) is 11.4 Å². The first-order chi connectivity index (χ1) is 9.13. The van der Waals surface area contributed by atoms with Crippen molar-refractivity contribution in [1.29, 1.82) is 0 Å². The molecule has 0 atom stereocenters. The molecule has 1 saturated heterocycles. The first kappa shape index (κ1) is 12.8. The summed E-state index contributed by atoms with van der Waals surface area (Å²) in [5, 5.41) is 13.1. The quantitative estimate of drug-likeness (QED) is 0.829. The number of aliphatic hydroxyl groups is 1. The van der Waals surface area contributed by atoms with Gasteiger partial charge in [-0.3, -0.25) is 4.79 Å². The summed E-state index contributed by atoms with van der Waals surface area (Å²) in [6.45, 7) is 1.65. The van der Waals surface area contributed by atoms with Crippen LogP contribution in [0.3, 0.4) is 0 Å². The maximum atomic E-state index is 11.4. The molecule has 0 spiro atoms. The normalized spacial score (nSPS) is 20.1. The summed E-state index contributed by atoms with van der Waals surface area (Å²) < 4.78 is 0. The first-order valence-corrected chi connectivity index (χ1v) is 7.06. The fourth-order valence-electron chi connectivity index (χ4n) is 2.74. The molecule has 1 fully saturated rings. The second-order valence-corrected chi connectivity index (χ2v) is 5.63. The molecule has 0 radical (unpaired) electrons. The van der Waals surface area contributed by atoms with E-state index in [0.717, 1.165) is 49.3 Å². The third kappa shape index (κ3) is 2.55. The molecule has 2 heterocycles. The maximum absolute atomic E-state index is 11.4. The number of nitrogens with zero attached hydrogens (tertiary/aromatic N) is 1. The minimum absolute atomic E-state index is 0.0532. The summed E-state index contributed by atoms with van der Waals surface area (Å²) in [4.78, 5) is 13.6. The Kier molecular flexibility index (Phi) is 3.37. The molecule has 19 heavy (non-hydrogen) atoms. The average molecular weight is 281 g/mol. The molecule has 4 nitrogen and oxygen atoms in total. The molecule has 2 aliphatic heterocycles. The number of aryl methyl sites for hydroxylation is 1. The van der Waals surface area contributed by atoms with E-state index in [9.17, 15) is 9.90 Å². The smallest absolute Gasteiger partial charge is 0.224 e. The van der Waals surface area contributed by atoms with E-state index in [1.165, 1.54) is 0 Å². The zero-order valence-corrected chi connectivity index (χ0v) is 11.4. The Hall–Kier alpha value is -1.26. The van der Waals surface area contributed by atoms with E-state index in [1.807, 2.05) is 6.07 Å². The Morgan fingerprint density at radius 1 is 1.26 bits per heavy atom. The number of benzene rings is 1. The fourth-order valence-corrected chi connectivity index (χ4v) is 3.02. The van der Waals surface area contributed by atoms with E-state index >= 15 is 0 Å². The highest BCUT2D eigenvalue weighted by atomic mass is 35.5. The number of anilines is 2. The standard InChI is InChI=1S/C14H17ClN2O2/c15-11-8-12-9(1-2-14(19)16-12)7-13(11)17-5-3-10(18)4-6-17/h7-8,10,18H,1-6H2,(H,16,19). The molecular weight excluding hydrogens is 264 g/mol. The highest BCUT2D eigenvalue weighted by molar-refractivity contribution is 6.33. The van der Waals surface area contributed by atoms with Crippen LogP contribution in [-0.4, -0.2) is 30.2 Å². The second-order valence-electron chi connectivity index (χ2n) is 5.23. The van der Waals surface area contributed by atoms with E-state index in [-0.39, 0.29) is 12.0 Å². The van der Waals surface area contributed by atoms with Crippen LogP contribution >= 0.6 is 11.6 Å². The SMILES string of the molecule is O=C1CCc2cc(N3CCC(O)CC3)c(Cl)cc2N1. The Morgan fingerprint density at radius 3 is 2.74 bits per heavy atom. The number of amides is 1. The summed E-state index contributed by atoms with van der Waals surface area (Å²) in [5.74, 6) is 0.0532. The molecule has 2 aliphatic rings. The zero-order chi connectivity index (χ0) is 13.4. The lowest BCUT2D eigenvalue weighted by Gasteiger charge is -2.33. The van der Waals surface area contributed by atoms with Gasteiger partial charge in [-0.2, -0.15) is 0 Å². The van der Waals surface area contributed by atoms with Crippen molar-refractivity contribution in [2.45, 2.75) is 31.8 Å². The van der Waals surface area contributed by atoms with Crippen molar-refractivity contribution in [3.63, 3.8) is 0 Å². The Balaban J connectivity index is 1.88. The van der Waals surface area contributed by atoms with Crippen LogP contribution in [0, 0.1) is 0 Å². The van der Waals surface area contributed by atoms with Crippen LogP contribution in [-0.2, 0) is 11.2 Å². The highest BCUT2D eigenvalue weighted by Gasteiger charge is 2.22. The lowest BCUT2D eigenvalue weighted by Crippen LogP contribution is -2.36. The van der Waals surface area contributed by atoms with Crippen LogP contribution in [0.4, 0.5) is 11.4 Å². The summed E-state index contributed by atoms with van der Waals surface area (Å²) >= 11 is 6.32. The van der Waals surface area contributed by atoms with Gasteiger partial charge >= 0.3 is 0 Å². The summed E-state index contributed by atoms with van der Waals surface area (Å²) in [7, 11) is 0. The molecule has 1 aromatic rings. The minimum atomic E-state index is -0.188. The molecule has 1 amide bonds. The highest BCUT2D eigenvalue weighted by Crippen LogP contribution is 2.35. The predicted molar refractivity (Wildman–Crippen MR) is 75.9 cm³/mol. The van der Waals surface area contributed by atoms with Crippen LogP contribution in [0.15, 0.2) is 12.1 Å². The average Bonchev–Trinajstić information content (AvgIpc) is 2.39. The molecule has 2 N–H and O–H groups in total. The number of carbonyl (C=O) groups excluding carboxylic acids is 1. The molecule has 0 aliphatic carbocycles. The van der Waals surface area contributed by atoms with Gasteiger partial charge in [-0.25, -0.2) is 0 Å². The van der Waals surface area contributed by atoms with Gasteiger partial charge in [0.1, 0.15) is 0 Å². The number of halogens is 1. The van der Waals surface area contributed by atoms with Gasteiger partial charge in [0.05, 0.1) is 16.8 Å². The van der Waals surface area contributed by atoms with Crippen LogP contribution in [0.1, 0.15) is 24.8 Å². The molecular formula is C14H17ClN2O2. The Morgan fingerprint density at radius 2 is 2.00 bits per heavy atom. The molecule has 0 bridgehead atoms. The first-order valence-electron chi connectivity index (χ1n) is 6.69. The van der Waals surface area contributed by atoms with Crippen molar-refractivity contribution >= 4 is 28.9 Å². The third-order valence-electron chi connectivity index (χ3n) is 3.87. The van der Waals surface area contributed by atoms with Crippen molar-refractivity contribution in [3.05, 3.63) is 22.7 Å². The van der Waals surface area contributed by atoms with Gasteiger partial charge in [-0.1, -0.05) is 11.6 Å². The summed E-state index contributed by atoms with van der Waals surface area (Å²) in [6.07, 6.45) is 2.68. The number of hydrogen-bond donors (Lipinski definition) is 2. The van der Waals surface area contributed by atoms with Gasteiger partial charge in [-0.15, -0.1) is 0 Å². The van der Waals surface area contributed by atoms with Gasteiger partial charge in [-0.05, 0) is 37.0 Å². The molecule has 5 heteroatoms. The third-order valence-corrected chi connectivity index (χ3v) is 4.18. The van der Waals surface area contributed by atoms with Crippen molar-refractivity contribution in [2.75, 3.05) is 23.3 Å². The van der Waals surface area contributed by atoms with Crippen LogP contribution in [0.5, 0.6) is 0 Å². The van der Waals surface area contributed by atoms with Crippen molar-refractivity contribution < 1.29 is 9.90 Å². The topological polar surface area (TPSA) is 52.6 Å². The number of fused-ring (bicyclic) bond motifs is 1. The number of piperidine rings is 1. The largest absolute Gasteiger partial charge is 0.393 e. The zero-order valence-electron chi connectivity index (χ0n) is 10.7. The van der Waals surface area contributed by atoms with E-state index < -0.39 is 0 Å². The number of aliphatic hydroxyl groups excluding tert-OH is 1. The monoisotopic (exact) mass is 280 g/mol. The molecule has 0 aromatic heterocycles. The van der Waals surface area contributed by atoms with Gasteiger partial charge in [0.25, 0.3) is 0 Å². The van der Waals surface area contributed by atoms with Gasteiger partial charge in [0, 0.05) is 25.2 Å². The molecule has 102 valence electrons. The van der Waals surface area contributed by atoms with E-state index in [1.54, 1.807) is 0 Å². The van der Waals surface area contributed by atoms with Crippen molar-refractivity contribution in [3.8, 4) is 0 Å². The van der Waals surface area contributed by atoms with Crippen molar-refractivity contribution in [2.24, 2.45) is 0 Å². The number of carbonyl (C=O) groups is 1. The number of nitrogens with one attached hydrogen (secondary N) is 1. The van der Waals surface area contributed by atoms with E-state index in [4.69, 9.17) is 11.6 Å². The van der Waals surface area contributed by atoms with Gasteiger partial charge < -0.3 is 15.3 Å². The maximum Gasteiger partial charge on any atom is 0.224 e. The molecule has 1 aromatic carbocycles. The number of hydrogen-bond acceptors (Lipinski definition) is 3. The molecule has 3 rings (SSSR count). The lowest BCUT2D eigenvalue weighted by molar-refractivity contribution is -0.116. The summed E-state index contributed by atoms with van der Waals surface area (Å²) in [6, 6.07) is 3.92. The second kappa shape index (κ2) is 5.02. The van der Waals surface area contributed by atoms with E-state index in [2.05, 4.69) is 16.3 Å². The lowest BCUT2D eigenvalue weighted by atomic mass is 10.0. The molecule has 0 saturated carbocycles.